The number of carbonyl (C=O) groups excluding carboxylic acids is 1. The molecule has 0 saturated carbocycles. The van der Waals surface area contributed by atoms with Gasteiger partial charge in [0, 0.05) is 36.6 Å². The van der Waals surface area contributed by atoms with Crippen LogP contribution in [-0.2, 0) is 0 Å². The second-order valence-corrected chi connectivity index (χ2v) is 7.41. The van der Waals surface area contributed by atoms with Crippen LogP contribution in [-0.4, -0.2) is 35.0 Å². The highest BCUT2D eigenvalue weighted by Gasteiger charge is 2.16. The quantitative estimate of drug-likeness (QED) is 0.808. The Morgan fingerprint density at radius 2 is 1.93 bits per heavy atom. The monoisotopic (exact) mass is 367 g/mol. The molecule has 1 fully saturated rings. The minimum atomic E-state index is -0.176. The molecule has 0 aliphatic carbocycles. The van der Waals surface area contributed by atoms with E-state index in [1.807, 2.05) is 26.0 Å². The number of hydrogen-bond donors (Lipinski definition) is 2. The molecule has 27 heavy (non-hydrogen) atoms. The lowest BCUT2D eigenvalue weighted by Crippen LogP contribution is -2.32. The molecule has 6 heteroatoms. The number of hydrogen-bond acceptors (Lipinski definition) is 5. The Morgan fingerprint density at radius 3 is 2.59 bits per heavy atom. The molecular formula is C21H29N5O. The number of aromatic nitrogens is 2. The number of anilines is 3. The molecule has 0 radical (unpaired) electrons. The molecule has 2 heterocycles. The summed E-state index contributed by atoms with van der Waals surface area (Å²) in [6, 6.07) is 10.2. The van der Waals surface area contributed by atoms with Crippen LogP contribution in [0.1, 0.15) is 50.5 Å². The van der Waals surface area contributed by atoms with Gasteiger partial charge in [-0.3, -0.25) is 4.79 Å². The van der Waals surface area contributed by atoms with Gasteiger partial charge in [0.15, 0.2) is 0 Å². The summed E-state index contributed by atoms with van der Waals surface area (Å²) in [5, 5.41) is 6.18. The zero-order valence-electron chi connectivity index (χ0n) is 16.4. The smallest absolute Gasteiger partial charge is 0.270 e. The maximum Gasteiger partial charge on any atom is 0.270 e. The normalized spacial score (nSPS) is 16.0. The van der Waals surface area contributed by atoms with Crippen molar-refractivity contribution in [3.63, 3.8) is 0 Å². The van der Waals surface area contributed by atoms with Gasteiger partial charge in [0.25, 0.3) is 5.91 Å². The van der Waals surface area contributed by atoms with Gasteiger partial charge in [0.05, 0.1) is 0 Å². The molecule has 1 atom stereocenters. The Hall–Kier alpha value is -2.63. The van der Waals surface area contributed by atoms with Gasteiger partial charge in [-0.1, -0.05) is 13.8 Å². The lowest BCUT2D eigenvalue weighted by atomic mass is 9.99. The predicted molar refractivity (Wildman–Crippen MR) is 110 cm³/mol. The van der Waals surface area contributed by atoms with Crippen LogP contribution in [0, 0.1) is 5.92 Å². The molecule has 3 rings (SSSR count). The third kappa shape index (κ3) is 5.18. The van der Waals surface area contributed by atoms with Crippen molar-refractivity contribution in [2.75, 3.05) is 23.3 Å². The molecule has 0 bridgehead atoms. The summed E-state index contributed by atoms with van der Waals surface area (Å²) in [6.45, 7) is 8.57. The summed E-state index contributed by atoms with van der Waals surface area (Å²) < 4.78 is 0. The van der Waals surface area contributed by atoms with E-state index in [0.29, 0.717) is 11.5 Å². The Morgan fingerprint density at radius 1 is 1.22 bits per heavy atom. The van der Waals surface area contributed by atoms with Crippen LogP contribution in [0.15, 0.2) is 36.7 Å². The maximum atomic E-state index is 12.2. The predicted octanol–water partition coefficient (Wildman–Crippen LogP) is 3.98. The molecule has 6 nitrogen and oxygen atoms in total. The second kappa shape index (κ2) is 8.84. The van der Waals surface area contributed by atoms with Crippen LogP contribution in [0.25, 0.3) is 0 Å². The molecule has 2 aromatic rings. The summed E-state index contributed by atoms with van der Waals surface area (Å²) in [7, 11) is 0. The van der Waals surface area contributed by atoms with Gasteiger partial charge >= 0.3 is 0 Å². The summed E-state index contributed by atoms with van der Waals surface area (Å²) in [6.07, 6.45) is 4.80. The average Bonchev–Trinajstić information content (AvgIpc) is 2.69. The van der Waals surface area contributed by atoms with E-state index in [1.165, 1.54) is 24.9 Å². The first-order valence-corrected chi connectivity index (χ1v) is 9.80. The van der Waals surface area contributed by atoms with E-state index in [0.717, 1.165) is 31.1 Å². The molecule has 1 aromatic heterocycles. The second-order valence-electron chi connectivity index (χ2n) is 7.41. The fourth-order valence-electron chi connectivity index (χ4n) is 3.12. The Labute approximate surface area is 161 Å². The number of benzene rings is 1. The first-order chi connectivity index (χ1) is 13.0. The highest BCUT2D eigenvalue weighted by molar-refractivity contribution is 5.93. The average molecular weight is 367 g/mol. The van der Waals surface area contributed by atoms with Crippen LogP contribution in [0.2, 0.25) is 0 Å². The van der Waals surface area contributed by atoms with Gasteiger partial charge in [-0.15, -0.1) is 0 Å². The van der Waals surface area contributed by atoms with Gasteiger partial charge in [-0.05, 0) is 56.4 Å². The van der Waals surface area contributed by atoms with Crippen molar-refractivity contribution in [3.05, 3.63) is 42.4 Å². The number of piperidine rings is 1. The summed E-state index contributed by atoms with van der Waals surface area (Å²) in [5.74, 6) is 1.26. The topological polar surface area (TPSA) is 70.2 Å². The van der Waals surface area contributed by atoms with E-state index in [4.69, 9.17) is 0 Å². The summed E-state index contributed by atoms with van der Waals surface area (Å²) in [4.78, 5) is 23.0. The lowest BCUT2D eigenvalue weighted by molar-refractivity contribution is 0.0934. The highest BCUT2D eigenvalue weighted by Crippen LogP contribution is 2.25. The number of nitrogens with zero attached hydrogens (tertiary/aromatic N) is 3. The molecule has 144 valence electrons. The van der Waals surface area contributed by atoms with E-state index in [-0.39, 0.29) is 11.9 Å². The zero-order valence-corrected chi connectivity index (χ0v) is 16.4. The van der Waals surface area contributed by atoms with E-state index >= 15 is 0 Å². The zero-order chi connectivity index (χ0) is 19.2. The van der Waals surface area contributed by atoms with Crippen molar-refractivity contribution in [3.8, 4) is 0 Å². The molecule has 1 amide bonds. The number of carbonyl (C=O) groups is 1. The fraction of sp³-hybridized carbons (Fsp3) is 0.476. The minimum Gasteiger partial charge on any atom is -0.372 e. The molecule has 1 saturated heterocycles. The fourth-order valence-corrected chi connectivity index (χ4v) is 3.12. The molecule has 0 spiro atoms. The van der Waals surface area contributed by atoms with Gasteiger partial charge in [0.1, 0.15) is 17.8 Å². The number of amides is 1. The van der Waals surface area contributed by atoms with Crippen molar-refractivity contribution in [1.82, 2.24) is 15.3 Å². The van der Waals surface area contributed by atoms with E-state index < -0.39 is 0 Å². The summed E-state index contributed by atoms with van der Waals surface area (Å²) in [5.41, 5.74) is 2.56. The van der Waals surface area contributed by atoms with Crippen LogP contribution >= 0.6 is 0 Å². The van der Waals surface area contributed by atoms with Crippen molar-refractivity contribution in [2.24, 2.45) is 5.92 Å². The van der Waals surface area contributed by atoms with Crippen LogP contribution < -0.4 is 15.5 Å². The highest BCUT2D eigenvalue weighted by atomic mass is 16.1. The largest absolute Gasteiger partial charge is 0.372 e. The standard InChI is InChI=1S/C21H29N5O/c1-4-16(3)24-21(27)19-13-20(23-14-22-19)25-17-5-7-18(8-6-17)26-11-9-15(2)10-12-26/h5-8,13-16H,4,9-12H2,1-3H3,(H,24,27)(H,22,23,25). The Bertz CT molecular complexity index is 753. The van der Waals surface area contributed by atoms with Crippen molar-refractivity contribution < 1.29 is 4.79 Å². The number of nitrogens with one attached hydrogen (secondary N) is 2. The van der Waals surface area contributed by atoms with E-state index in [9.17, 15) is 4.79 Å². The molecule has 1 aliphatic heterocycles. The van der Waals surface area contributed by atoms with Crippen LogP contribution in [0.4, 0.5) is 17.2 Å². The van der Waals surface area contributed by atoms with E-state index in [1.54, 1.807) is 6.07 Å². The van der Waals surface area contributed by atoms with E-state index in [2.05, 4.69) is 44.6 Å². The third-order valence-electron chi connectivity index (χ3n) is 5.18. The van der Waals surface area contributed by atoms with Crippen LogP contribution in [0.5, 0.6) is 0 Å². The Balaban J connectivity index is 1.63. The molecule has 1 aromatic carbocycles. The Kier molecular flexibility index (Phi) is 6.27. The first-order valence-electron chi connectivity index (χ1n) is 9.80. The summed E-state index contributed by atoms with van der Waals surface area (Å²) >= 11 is 0. The van der Waals surface area contributed by atoms with Crippen molar-refractivity contribution in [1.29, 1.82) is 0 Å². The van der Waals surface area contributed by atoms with Gasteiger partial charge in [-0.2, -0.15) is 0 Å². The van der Waals surface area contributed by atoms with Crippen molar-refractivity contribution in [2.45, 2.75) is 46.1 Å². The van der Waals surface area contributed by atoms with Gasteiger partial charge in [0.2, 0.25) is 0 Å². The third-order valence-corrected chi connectivity index (χ3v) is 5.18. The molecule has 2 N–H and O–H groups in total. The molecule has 1 aliphatic rings. The lowest BCUT2D eigenvalue weighted by Gasteiger charge is -2.32. The SMILES string of the molecule is CCC(C)NC(=O)c1cc(Nc2ccc(N3CCC(C)CC3)cc2)ncn1. The first kappa shape index (κ1) is 19.1. The van der Waals surface area contributed by atoms with Crippen molar-refractivity contribution >= 4 is 23.1 Å². The van der Waals surface area contributed by atoms with Crippen LogP contribution in [0.3, 0.4) is 0 Å². The number of rotatable bonds is 6. The van der Waals surface area contributed by atoms with Gasteiger partial charge < -0.3 is 15.5 Å². The maximum absolute atomic E-state index is 12.2. The minimum absolute atomic E-state index is 0.120. The molecular weight excluding hydrogens is 338 g/mol. The van der Waals surface area contributed by atoms with Gasteiger partial charge in [-0.25, -0.2) is 9.97 Å². The molecule has 1 unspecified atom stereocenters.